The van der Waals surface area contributed by atoms with E-state index in [1.54, 1.807) is 12.1 Å². The Labute approximate surface area is 117 Å². The van der Waals surface area contributed by atoms with Gasteiger partial charge >= 0.3 is 5.97 Å². The van der Waals surface area contributed by atoms with Crippen LogP contribution in [0.5, 0.6) is 0 Å². The van der Waals surface area contributed by atoms with Crippen molar-refractivity contribution >= 4 is 27.6 Å². The highest BCUT2D eigenvalue weighted by Crippen LogP contribution is 2.25. The minimum absolute atomic E-state index is 0.308. The van der Waals surface area contributed by atoms with E-state index in [2.05, 4.69) is 41.6 Å². The second-order valence-corrected chi connectivity index (χ2v) is 6.01. The lowest BCUT2D eigenvalue weighted by atomic mass is 10.0. The van der Waals surface area contributed by atoms with Gasteiger partial charge < -0.3 is 10.0 Å². The Hall–Kier alpha value is -1.03. The lowest BCUT2D eigenvalue weighted by molar-refractivity contribution is 0.0697. The minimum Gasteiger partial charge on any atom is -0.478 e. The number of hydrogen-bond donors (Lipinski definition) is 1. The van der Waals surface area contributed by atoms with Crippen molar-refractivity contribution < 1.29 is 9.90 Å². The highest BCUT2D eigenvalue weighted by atomic mass is 79.9. The molecule has 0 heterocycles. The molecule has 0 aliphatic carbocycles. The summed E-state index contributed by atoms with van der Waals surface area (Å²) < 4.78 is 0.793. The van der Waals surface area contributed by atoms with Crippen LogP contribution in [-0.2, 0) is 0 Å². The van der Waals surface area contributed by atoms with Gasteiger partial charge in [-0.15, -0.1) is 0 Å². The van der Waals surface area contributed by atoms with Crippen molar-refractivity contribution in [2.24, 2.45) is 5.92 Å². The number of anilines is 1. The van der Waals surface area contributed by atoms with E-state index in [-0.39, 0.29) is 0 Å². The molecule has 0 spiro atoms. The first-order chi connectivity index (χ1) is 8.31. The molecule has 100 valence electrons. The lowest BCUT2D eigenvalue weighted by Gasteiger charge is -2.28. The molecule has 4 heteroatoms. The fraction of sp³-hybridized carbons (Fsp3) is 0.500. The summed E-state index contributed by atoms with van der Waals surface area (Å²) in [6, 6.07) is 5.65. The van der Waals surface area contributed by atoms with E-state index < -0.39 is 5.97 Å². The maximum Gasteiger partial charge on any atom is 0.335 e. The largest absolute Gasteiger partial charge is 0.478 e. The molecule has 18 heavy (non-hydrogen) atoms. The molecule has 0 saturated heterocycles. The van der Waals surface area contributed by atoms with Crippen molar-refractivity contribution in [1.82, 2.24) is 0 Å². The zero-order valence-electron chi connectivity index (χ0n) is 11.3. The summed E-state index contributed by atoms with van der Waals surface area (Å²) in [7, 11) is 2.00. The van der Waals surface area contributed by atoms with Gasteiger partial charge in [0.05, 0.1) is 5.56 Å². The molecular formula is C14H20BrNO2. The first-order valence-corrected chi connectivity index (χ1v) is 6.87. The summed E-state index contributed by atoms with van der Waals surface area (Å²) >= 11 is 3.36. The molecule has 1 aromatic carbocycles. The molecule has 0 aromatic heterocycles. The Balaban J connectivity index is 2.98. The van der Waals surface area contributed by atoms with Crippen LogP contribution in [0, 0.1) is 5.92 Å². The third-order valence-electron chi connectivity index (χ3n) is 3.01. The normalized spacial score (nSPS) is 12.6. The molecule has 0 bridgehead atoms. The van der Waals surface area contributed by atoms with Crippen molar-refractivity contribution in [2.75, 3.05) is 11.9 Å². The van der Waals surface area contributed by atoms with Crippen LogP contribution in [-0.4, -0.2) is 24.2 Å². The third kappa shape index (κ3) is 4.02. The molecule has 0 fully saturated rings. The summed E-state index contributed by atoms with van der Waals surface area (Å²) in [5.74, 6) is -0.281. The molecule has 3 nitrogen and oxygen atoms in total. The van der Waals surface area contributed by atoms with Gasteiger partial charge in [0.15, 0.2) is 0 Å². The number of halogens is 1. The van der Waals surface area contributed by atoms with Gasteiger partial charge in [-0.05, 0) is 37.5 Å². The summed E-state index contributed by atoms with van der Waals surface area (Å²) in [6.07, 6.45) is 1.07. The Morgan fingerprint density at radius 2 is 1.94 bits per heavy atom. The molecular weight excluding hydrogens is 294 g/mol. The molecule has 0 aliphatic heterocycles. The highest BCUT2D eigenvalue weighted by Gasteiger charge is 2.14. The molecule has 0 amide bonds. The Bertz CT molecular complexity index is 432. The van der Waals surface area contributed by atoms with E-state index in [1.165, 1.54) is 0 Å². The highest BCUT2D eigenvalue weighted by molar-refractivity contribution is 9.10. The quantitative estimate of drug-likeness (QED) is 0.892. The maximum absolute atomic E-state index is 11.0. The number of nitrogens with zero attached hydrogens (tertiary/aromatic N) is 1. The van der Waals surface area contributed by atoms with Crippen molar-refractivity contribution in [3.63, 3.8) is 0 Å². The number of carboxylic acid groups (broad SMARTS) is 1. The van der Waals surface area contributed by atoms with Crippen LogP contribution in [0.4, 0.5) is 5.69 Å². The lowest BCUT2D eigenvalue weighted by Crippen LogP contribution is -2.30. The summed E-state index contributed by atoms with van der Waals surface area (Å²) in [4.78, 5) is 13.2. The summed E-state index contributed by atoms with van der Waals surface area (Å²) in [6.45, 7) is 6.53. The van der Waals surface area contributed by atoms with Gasteiger partial charge in [-0.1, -0.05) is 29.8 Å². The summed E-state index contributed by atoms with van der Waals surface area (Å²) in [5.41, 5.74) is 1.23. The van der Waals surface area contributed by atoms with E-state index in [9.17, 15) is 4.79 Å². The predicted molar refractivity (Wildman–Crippen MR) is 78.4 cm³/mol. The molecule has 1 unspecified atom stereocenters. The number of aromatic carboxylic acids is 1. The fourth-order valence-corrected chi connectivity index (χ4v) is 2.48. The minimum atomic E-state index is -0.900. The predicted octanol–water partition coefficient (Wildman–Crippen LogP) is 4.02. The number of rotatable bonds is 5. The van der Waals surface area contributed by atoms with E-state index >= 15 is 0 Å². The van der Waals surface area contributed by atoms with E-state index in [0.717, 1.165) is 16.6 Å². The number of carbonyl (C=O) groups is 1. The fourth-order valence-electron chi connectivity index (χ4n) is 2.00. The van der Waals surface area contributed by atoms with Crippen LogP contribution in [0.15, 0.2) is 22.7 Å². The molecule has 1 aromatic rings. The standard InChI is InChI=1S/C14H20BrNO2/c1-9(2)5-10(3)16(4)13-7-11(14(17)18)6-12(15)8-13/h6-10H,5H2,1-4H3,(H,17,18). The smallest absolute Gasteiger partial charge is 0.335 e. The second-order valence-electron chi connectivity index (χ2n) is 5.09. The average molecular weight is 314 g/mol. The van der Waals surface area contributed by atoms with Crippen molar-refractivity contribution in [1.29, 1.82) is 0 Å². The van der Waals surface area contributed by atoms with E-state index in [1.807, 2.05) is 13.1 Å². The van der Waals surface area contributed by atoms with Crippen molar-refractivity contribution in [3.05, 3.63) is 28.2 Å². The Morgan fingerprint density at radius 1 is 1.33 bits per heavy atom. The van der Waals surface area contributed by atoms with Crippen LogP contribution in [0.25, 0.3) is 0 Å². The Kier molecular flexibility index (Phi) is 5.20. The summed E-state index contributed by atoms with van der Waals surface area (Å²) in [5, 5.41) is 9.06. The van der Waals surface area contributed by atoms with Gasteiger partial charge in [0.1, 0.15) is 0 Å². The number of hydrogen-bond acceptors (Lipinski definition) is 2. The Morgan fingerprint density at radius 3 is 2.44 bits per heavy atom. The number of carboxylic acids is 1. The van der Waals surface area contributed by atoms with Crippen LogP contribution in [0.2, 0.25) is 0 Å². The van der Waals surface area contributed by atoms with Crippen molar-refractivity contribution in [2.45, 2.75) is 33.2 Å². The number of benzene rings is 1. The van der Waals surface area contributed by atoms with Gasteiger partial charge in [0.25, 0.3) is 0 Å². The maximum atomic E-state index is 11.0. The van der Waals surface area contributed by atoms with Gasteiger partial charge in [-0.3, -0.25) is 0 Å². The van der Waals surface area contributed by atoms with Gasteiger partial charge in [0, 0.05) is 23.2 Å². The third-order valence-corrected chi connectivity index (χ3v) is 3.47. The zero-order valence-corrected chi connectivity index (χ0v) is 12.9. The van der Waals surface area contributed by atoms with E-state index in [4.69, 9.17) is 5.11 Å². The van der Waals surface area contributed by atoms with Crippen LogP contribution in [0.1, 0.15) is 37.6 Å². The topological polar surface area (TPSA) is 40.5 Å². The van der Waals surface area contributed by atoms with Crippen LogP contribution in [0.3, 0.4) is 0 Å². The average Bonchev–Trinajstić information content (AvgIpc) is 2.26. The molecule has 1 N–H and O–H groups in total. The molecule has 0 radical (unpaired) electrons. The van der Waals surface area contributed by atoms with Crippen LogP contribution < -0.4 is 4.90 Å². The van der Waals surface area contributed by atoms with Gasteiger partial charge in [0.2, 0.25) is 0 Å². The first-order valence-electron chi connectivity index (χ1n) is 6.08. The molecule has 0 aliphatic rings. The SMILES string of the molecule is CC(C)CC(C)N(C)c1cc(Br)cc(C(=O)O)c1. The second kappa shape index (κ2) is 6.23. The zero-order chi connectivity index (χ0) is 13.9. The van der Waals surface area contributed by atoms with Gasteiger partial charge in [-0.2, -0.15) is 0 Å². The monoisotopic (exact) mass is 313 g/mol. The van der Waals surface area contributed by atoms with Crippen molar-refractivity contribution in [3.8, 4) is 0 Å². The van der Waals surface area contributed by atoms with Gasteiger partial charge in [-0.25, -0.2) is 4.79 Å². The van der Waals surface area contributed by atoms with Crippen LogP contribution >= 0.6 is 15.9 Å². The first kappa shape index (κ1) is 15.0. The van der Waals surface area contributed by atoms with E-state index in [0.29, 0.717) is 17.5 Å². The molecule has 1 rings (SSSR count). The molecule has 0 saturated carbocycles. The molecule has 1 atom stereocenters.